The third-order valence-electron chi connectivity index (χ3n) is 6.15. The molecule has 158 valence electrons. The summed E-state index contributed by atoms with van der Waals surface area (Å²) in [5.41, 5.74) is 4.07. The van der Waals surface area contributed by atoms with Gasteiger partial charge in [-0.2, -0.15) is 0 Å². The van der Waals surface area contributed by atoms with Gasteiger partial charge < -0.3 is 29.0 Å². The highest BCUT2D eigenvalue weighted by atomic mass is 16.7. The van der Waals surface area contributed by atoms with Crippen molar-refractivity contribution in [2.45, 2.75) is 18.6 Å². The molecule has 0 fully saturated rings. The summed E-state index contributed by atoms with van der Waals surface area (Å²) in [6, 6.07) is 5.57. The fourth-order valence-corrected chi connectivity index (χ4v) is 4.80. The number of carbonyl (C=O) groups is 1. The van der Waals surface area contributed by atoms with Gasteiger partial charge in [-0.3, -0.25) is 4.90 Å². The Balaban J connectivity index is 1.69. The number of hydrogen-bond donors (Lipinski definition) is 1. The van der Waals surface area contributed by atoms with E-state index in [1.165, 1.54) is 0 Å². The average molecular weight is 412 g/mol. The largest absolute Gasteiger partial charge is 0.495 e. The maximum Gasteiger partial charge on any atom is 0.341 e. The van der Waals surface area contributed by atoms with E-state index in [4.69, 9.17) is 23.7 Å². The minimum atomic E-state index is -0.483. The number of ether oxygens (including phenoxy) is 5. The Kier molecular flexibility index (Phi) is 4.39. The van der Waals surface area contributed by atoms with Gasteiger partial charge in [0.1, 0.15) is 11.9 Å². The third kappa shape index (κ3) is 2.53. The first-order valence-corrected chi connectivity index (χ1v) is 9.88. The lowest BCUT2D eigenvalue weighted by molar-refractivity contribution is 0.00885. The quantitative estimate of drug-likeness (QED) is 0.768. The average Bonchev–Trinajstić information content (AvgIpc) is 3.35. The maximum atomic E-state index is 12.9. The highest BCUT2D eigenvalue weighted by Gasteiger charge is 2.45. The van der Waals surface area contributed by atoms with Crippen molar-refractivity contribution in [1.82, 2.24) is 4.90 Å². The molecule has 1 N–H and O–H groups in total. The summed E-state index contributed by atoms with van der Waals surface area (Å²) < 4.78 is 28.5. The van der Waals surface area contributed by atoms with Crippen LogP contribution >= 0.6 is 0 Å². The molecule has 2 aromatic carbocycles. The molecular weight excluding hydrogens is 388 g/mol. The predicted molar refractivity (Wildman–Crippen MR) is 109 cm³/mol. The summed E-state index contributed by atoms with van der Waals surface area (Å²) in [5, 5.41) is 3.09. The molecule has 30 heavy (non-hydrogen) atoms. The van der Waals surface area contributed by atoms with Gasteiger partial charge in [0.05, 0.1) is 31.5 Å². The van der Waals surface area contributed by atoms with Crippen molar-refractivity contribution in [3.63, 3.8) is 0 Å². The van der Waals surface area contributed by atoms with E-state index < -0.39 is 6.10 Å². The summed E-state index contributed by atoms with van der Waals surface area (Å²) in [7, 11) is 7.01. The molecule has 3 aliphatic rings. The van der Waals surface area contributed by atoms with Gasteiger partial charge >= 0.3 is 5.97 Å². The number of rotatable bonds is 4. The lowest BCUT2D eigenvalue weighted by Gasteiger charge is -2.38. The summed E-state index contributed by atoms with van der Waals surface area (Å²) in [4.78, 5) is 15.1. The number of hydrogen-bond acceptors (Lipinski definition) is 8. The van der Waals surface area contributed by atoms with Crippen molar-refractivity contribution in [2.24, 2.45) is 0 Å². The van der Waals surface area contributed by atoms with Crippen LogP contribution in [0.2, 0.25) is 0 Å². The van der Waals surface area contributed by atoms with Gasteiger partial charge in [-0.05, 0) is 31.2 Å². The normalized spacial score (nSPS) is 21.7. The van der Waals surface area contributed by atoms with Crippen LogP contribution in [-0.2, 0) is 11.2 Å². The molecule has 5 rings (SSSR count). The van der Waals surface area contributed by atoms with Gasteiger partial charge in [0.25, 0.3) is 0 Å². The molecule has 0 spiro atoms. The highest BCUT2D eigenvalue weighted by molar-refractivity contribution is 6.01. The van der Waals surface area contributed by atoms with E-state index in [2.05, 4.69) is 10.2 Å². The Morgan fingerprint density at radius 3 is 2.77 bits per heavy atom. The van der Waals surface area contributed by atoms with E-state index in [0.717, 1.165) is 29.7 Å². The van der Waals surface area contributed by atoms with Crippen LogP contribution < -0.4 is 24.3 Å². The van der Waals surface area contributed by atoms with Gasteiger partial charge in [-0.25, -0.2) is 4.79 Å². The number of cyclic esters (lactones) is 1. The number of benzene rings is 2. The number of nitrogens with one attached hydrogen (secondary N) is 1. The summed E-state index contributed by atoms with van der Waals surface area (Å²) in [6.45, 7) is 0.987. The third-order valence-corrected chi connectivity index (χ3v) is 6.15. The second kappa shape index (κ2) is 6.98. The van der Waals surface area contributed by atoms with Crippen LogP contribution in [0.1, 0.15) is 39.2 Å². The smallest absolute Gasteiger partial charge is 0.341 e. The fourth-order valence-electron chi connectivity index (χ4n) is 4.80. The molecule has 0 unspecified atom stereocenters. The molecule has 0 aliphatic carbocycles. The number of anilines is 1. The molecular formula is C22H24N2O6. The van der Waals surface area contributed by atoms with Crippen molar-refractivity contribution in [3.05, 3.63) is 40.5 Å². The first-order valence-electron chi connectivity index (χ1n) is 9.88. The molecule has 0 amide bonds. The van der Waals surface area contributed by atoms with Crippen LogP contribution in [0.15, 0.2) is 18.2 Å². The molecule has 3 aliphatic heterocycles. The Morgan fingerprint density at radius 1 is 1.20 bits per heavy atom. The summed E-state index contributed by atoms with van der Waals surface area (Å²) >= 11 is 0. The van der Waals surface area contributed by atoms with Gasteiger partial charge in [-0.1, -0.05) is 6.07 Å². The molecule has 0 saturated carbocycles. The van der Waals surface area contributed by atoms with E-state index in [1.54, 1.807) is 21.3 Å². The van der Waals surface area contributed by atoms with Crippen molar-refractivity contribution >= 4 is 11.7 Å². The zero-order valence-corrected chi connectivity index (χ0v) is 17.4. The van der Waals surface area contributed by atoms with Gasteiger partial charge in [0.2, 0.25) is 12.5 Å². The minimum Gasteiger partial charge on any atom is -0.495 e. The topological polar surface area (TPSA) is 78.5 Å². The second-order valence-corrected chi connectivity index (χ2v) is 7.57. The van der Waals surface area contributed by atoms with Gasteiger partial charge in [0, 0.05) is 24.7 Å². The van der Waals surface area contributed by atoms with Gasteiger partial charge in [0.15, 0.2) is 11.5 Å². The van der Waals surface area contributed by atoms with Crippen molar-refractivity contribution in [2.75, 3.05) is 47.0 Å². The molecule has 2 aromatic rings. The standard InChI is InChI=1S/C22H24N2O6/c1-23-17-13(26-3)6-5-12-16(17)22(25)30-19(12)18-15-11(7-8-24(18)2)9-14-20(21(15)27-4)29-10-28-14/h5-6,9,18-19,23H,7-8,10H2,1-4H3/t18-,19+/m1/s1. The molecule has 3 heterocycles. The molecule has 8 nitrogen and oxygen atoms in total. The number of esters is 1. The van der Waals surface area contributed by atoms with E-state index >= 15 is 0 Å². The van der Waals surface area contributed by atoms with Crippen LogP contribution in [-0.4, -0.2) is 52.5 Å². The molecule has 0 bridgehead atoms. The van der Waals surface area contributed by atoms with Gasteiger partial charge in [-0.15, -0.1) is 0 Å². The first-order chi connectivity index (χ1) is 14.6. The van der Waals surface area contributed by atoms with Crippen LogP contribution in [0.3, 0.4) is 0 Å². The molecule has 2 atom stereocenters. The number of fused-ring (bicyclic) bond motifs is 3. The maximum absolute atomic E-state index is 12.9. The van der Waals surface area contributed by atoms with E-state index in [0.29, 0.717) is 34.2 Å². The fraction of sp³-hybridized carbons (Fsp3) is 0.409. The van der Waals surface area contributed by atoms with E-state index in [9.17, 15) is 4.79 Å². The Bertz CT molecular complexity index is 1040. The molecule has 0 aromatic heterocycles. The summed E-state index contributed by atoms with van der Waals surface area (Å²) in [6.07, 6.45) is 0.358. The number of likely N-dealkylation sites (N-methyl/N-ethyl adjacent to an activating group) is 1. The van der Waals surface area contributed by atoms with Crippen LogP contribution in [0, 0.1) is 0 Å². The first kappa shape index (κ1) is 18.9. The molecule has 0 radical (unpaired) electrons. The van der Waals surface area contributed by atoms with Crippen LogP contribution in [0.4, 0.5) is 5.69 Å². The Morgan fingerprint density at radius 2 is 2.03 bits per heavy atom. The van der Waals surface area contributed by atoms with Crippen molar-refractivity contribution in [3.8, 4) is 23.0 Å². The Hall–Kier alpha value is -3.13. The lowest BCUT2D eigenvalue weighted by atomic mass is 9.85. The monoisotopic (exact) mass is 412 g/mol. The molecule has 8 heteroatoms. The molecule has 0 saturated heterocycles. The lowest BCUT2D eigenvalue weighted by Crippen LogP contribution is -2.36. The number of nitrogens with zero attached hydrogens (tertiary/aromatic N) is 1. The number of carbonyl (C=O) groups excluding carboxylic acids is 1. The predicted octanol–water partition coefficient (Wildman–Crippen LogP) is 2.91. The highest BCUT2D eigenvalue weighted by Crippen LogP contribution is 2.54. The van der Waals surface area contributed by atoms with E-state index in [-0.39, 0.29) is 18.8 Å². The SMILES string of the molecule is CNc1c(OC)ccc2c1C(=O)O[C@@H]2[C@H]1c2c(cc3c(c2OC)OCO3)CCN1C. The van der Waals surface area contributed by atoms with Crippen molar-refractivity contribution < 1.29 is 28.5 Å². The summed E-state index contributed by atoms with van der Waals surface area (Å²) in [5.74, 6) is 2.18. The number of methoxy groups -OCH3 is 2. The zero-order chi connectivity index (χ0) is 21.0. The van der Waals surface area contributed by atoms with E-state index in [1.807, 2.05) is 25.2 Å². The van der Waals surface area contributed by atoms with Crippen molar-refractivity contribution in [1.29, 1.82) is 0 Å². The second-order valence-electron chi connectivity index (χ2n) is 7.57. The van der Waals surface area contributed by atoms with Crippen LogP contribution in [0.5, 0.6) is 23.0 Å². The Labute approximate surface area is 174 Å². The minimum absolute atomic E-state index is 0.168. The van der Waals surface area contributed by atoms with Crippen LogP contribution in [0.25, 0.3) is 0 Å². The zero-order valence-electron chi connectivity index (χ0n) is 17.4.